The van der Waals surface area contributed by atoms with Crippen molar-refractivity contribution in [3.05, 3.63) is 76.2 Å². The van der Waals surface area contributed by atoms with Crippen molar-refractivity contribution in [3.8, 4) is 18.1 Å². The summed E-state index contributed by atoms with van der Waals surface area (Å²) in [5.74, 6) is -0.782. The SMILES string of the molecule is C#Cc1cc(OC)c(NC(=O)c2ccc(N=CN3CCC(C(=O)O)CC3)cc2F)c(C(=O)Nc2ccc(Cl)cn2)c1. The Morgan fingerprint density at radius 3 is 2.49 bits per heavy atom. The molecule has 3 aromatic rings. The van der Waals surface area contributed by atoms with Gasteiger partial charge in [0.2, 0.25) is 0 Å². The Hall–Kier alpha value is -4.95. The minimum absolute atomic E-state index is 0.0192. The van der Waals surface area contributed by atoms with E-state index in [0.717, 1.165) is 6.07 Å². The molecule has 3 N–H and O–H groups in total. The number of aromatic nitrogens is 1. The highest BCUT2D eigenvalue weighted by Crippen LogP contribution is 2.32. The molecule has 10 nitrogen and oxygen atoms in total. The van der Waals surface area contributed by atoms with Crippen molar-refractivity contribution in [1.29, 1.82) is 0 Å². The van der Waals surface area contributed by atoms with E-state index in [1.807, 2.05) is 4.90 Å². The number of nitrogens with zero attached hydrogens (tertiary/aromatic N) is 3. The number of terminal acetylenes is 1. The first-order valence-corrected chi connectivity index (χ1v) is 12.8. The van der Waals surface area contributed by atoms with Crippen molar-refractivity contribution in [3.63, 3.8) is 0 Å². The van der Waals surface area contributed by atoms with Crippen LogP contribution in [0.4, 0.5) is 21.6 Å². The van der Waals surface area contributed by atoms with E-state index in [0.29, 0.717) is 36.5 Å². The van der Waals surface area contributed by atoms with Crippen LogP contribution >= 0.6 is 11.6 Å². The molecule has 0 radical (unpaired) electrons. The third kappa shape index (κ3) is 7.17. The third-order valence-electron chi connectivity index (χ3n) is 6.39. The summed E-state index contributed by atoms with van der Waals surface area (Å²) in [6.07, 6.45) is 9.42. The molecule has 0 bridgehead atoms. The molecule has 2 amide bonds. The average Bonchev–Trinajstić information content (AvgIpc) is 2.97. The summed E-state index contributed by atoms with van der Waals surface area (Å²) >= 11 is 5.86. The van der Waals surface area contributed by atoms with Crippen LogP contribution in [0.2, 0.25) is 5.02 Å². The Morgan fingerprint density at radius 1 is 1.15 bits per heavy atom. The number of likely N-dealkylation sites (tertiary alicyclic amines) is 1. The van der Waals surface area contributed by atoms with Crippen LogP contribution in [0.15, 0.2) is 53.7 Å². The quantitative estimate of drug-likeness (QED) is 0.198. The van der Waals surface area contributed by atoms with Gasteiger partial charge in [-0.05, 0) is 49.2 Å². The molecular formula is C29H25ClFN5O5. The number of nitrogens with one attached hydrogen (secondary N) is 2. The highest BCUT2D eigenvalue weighted by molar-refractivity contribution is 6.30. The summed E-state index contributed by atoms with van der Waals surface area (Å²) in [6, 6.07) is 9.73. The van der Waals surface area contributed by atoms with Crippen molar-refractivity contribution >= 4 is 52.9 Å². The normalized spacial score (nSPS) is 13.5. The average molecular weight is 578 g/mol. The standard InChI is InChI=1S/C29H25ClFN5O5/c1-3-17-12-22(28(38)34-25-7-4-19(30)15-32-25)26(24(13-17)41-2)35-27(37)21-6-5-20(14-23(21)31)33-16-36-10-8-18(9-11-36)29(39)40/h1,4-7,12-16,18H,8-11H2,2H3,(H,35,37)(H,39,40)(H,32,34,38). The van der Waals surface area contributed by atoms with E-state index in [4.69, 9.17) is 27.9 Å². The zero-order chi connectivity index (χ0) is 29.5. The lowest BCUT2D eigenvalue weighted by molar-refractivity contribution is -0.143. The molecule has 2 aromatic carbocycles. The molecule has 0 unspecified atom stereocenters. The highest BCUT2D eigenvalue weighted by Gasteiger charge is 2.24. The van der Waals surface area contributed by atoms with Crippen molar-refractivity contribution in [2.24, 2.45) is 10.9 Å². The topological polar surface area (TPSA) is 133 Å². The Kier molecular flexibility index (Phi) is 9.16. The number of carbonyl (C=O) groups is 3. The van der Waals surface area contributed by atoms with Gasteiger partial charge in [-0.1, -0.05) is 17.5 Å². The number of halogens is 2. The van der Waals surface area contributed by atoms with Crippen LogP contribution in [0.1, 0.15) is 39.1 Å². The number of carboxylic acids is 1. The fraction of sp³-hybridized carbons (Fsp3) is 0.207. The maximum Gasteiger partial charge on any atom is 0.306 e. The maximum absolute atomic E-state index is 15.0. The molecule has 0 aliphatic carbocycles. The van der Waals surface area contributed by atoms with E-state index in [2.05, 4.69) is 26.5 Å². The van der Waals surface area contributed by atoms with Crippen molar-refractivity contribution < 1.29 is 28.6 Å². The number of piperidine rings is 1. The van der Waals surface area contributed by atoms with E-state index in [1.165, 1.54) is 50.0 Å². The molecule has 0 spiro atoms. The smallest absolute Gasteiger partial charge is 0.306 e. The summed E-state index contributed by atoms with van der Waals surface area (Å²) in [6.45, 7) is 1.04. The molecular weight excluding hydrogens is 553 g/mol. The van der Waals surface area contributed by atoms with E-state index in [-0.39, 0.29) is 40.0 Å². The summed E-state index contributed by atoms with van der Waals surface area (Å²) in [4.78, 5) is 47.5. The molecule has 4 rings (SSSR count). The van der Waals surface area contributed by atoms with Gasteiger partial charge in [0.15, 0.2) is 0 Å². The predicted molar refractivity (Wildman–Crippen MR) is 153 cm³/mol. The fourth-order valence-corrected chi connectivity index (χ4v) is 4.27. The second-order valence-corrected chi connectivity index (χ2v) is 9.51. The Balaban J connectivity index is 1.53. The van der Waals surface area contributed by atoms with E-state index < -0.39 is 23.6 Å². The first kappa shape index (κ1) is 29.0. The molecule has 2 heterocycles. The Bertz CT molecular complexity index is 1550. The maximum atomic E-state index is 15.0. The van der Waals surface area contributed by atoms with Crippen LogP contribution in [0.25, 0.3) is 0 Å². The number of aliphatic imine (C=N–C) groups is 1. The number of hydrogen-bond acceptors (Lipinski definition) is 6. The van der Waals surface area contributed by atoms with Crippen LogP contribution in [0.3, 0.4) is 0 Å². The van der Waals surface area contributed by atoms with Gasteiger partial charge < -0.3 is 25.4 Å². The van der Waals surface area contributed by atoms with Gasteiger partial charge in [-0.15, -0.1) is 6.42 Å². The lowest BCUT2D eigenvalue weighted by Crippen LogP contribution is -2.35. The number of carbonyl (C=O) groups excluding carboxylic acids is 2. The minimum atomic E-state index is -0.836. The van der Waals surface area contributed by atoms with Gasteiger partial charge in [-0.3, -0.25) is 14.4 Å². The van der Waals surface area contributed by atoms with Crippen molar-refractivity contribution in [2.75, 3.05) is 30.8 Å². The highest BCUT2D eigenvalue weighted by atomic mass is 35.5. The minimum Gasteiger partial charge on any atom is -0.495 e. The Morgan fingerprint density at radius 2 is 1.88 bits per heavy atom. The van der Waals surface area contributed by atoms with Crippen LogP contribution in [-0.4, -0.2) is 59.3 Å². The summed E-state index contributed by atoms with van der Waals surface area (Å²) in [5.41, 5.74) is 0.241. The molecule has 0 atom stereocenters. The predicted octanol–water partition coefficient (Wildman–Crippen LogP) is 4.83. The number of ether oxygens (including phenoxy) is 1. The van der Waals surface area contributed by atoms with E-state index in [1.54, 1.807) is 6.07 Å². The summed E-state index contributed by atoms with van der Waals surface area (Å²) in [7, 11) is 1.34. The number of benzene rings is 2. The molecule has 41 heavy (non-hydrogen) atoms. The van der Waals surface area contributed by atoms with Gasteiger partial charge in [0.25, 0.3) is 11.8 Å². The molecule has 210 valence electrons. The second kappa shape index (κ2) is 12.9. The Labute approximate surface area is 240 Å². The number of amides is 2. The van der Waals surface area contributed by atoms with Crippen LogP contribution < -0.4 is 15.4 Å². The van der Waals surface area contributed by atoms with Gasteiger partial charge in [0.1, 0.15) is 17.4 Å². The molecule has 1 saturated heterocycles. The largest absolute Gasteiger partial charge is 0.495 e. The van der Waals surface area contributed by atoms with Crippen LogP contribution in [0, 0.1) is 24.1 Å². The van der Waals surface area contributed by atoms with E-state index in [9.17, 15) is 14.4 Å². The number of methoxy groups -OCH3 is 1. The number of aliphatic carboxylic acids is 1. The van der Waals surface area contributed by atoms with Crippen molar-refractivity contribution in [1.82, 2.24) is 9.88 Å². The van der Waals surface area contributed by atoms with Crippen molar-refractivity contribution in [2.45, 2.75) is 12.8 Å². The zero-order valence-electron chi connectivity index (χ0n) is 21.9. The first-order valence-electron chi connectivity index (χ1n) is 12.4. The molecule has 1 aliphatic rings. The number of hydrogen-bond donors (Lipinski definition) is 3. The second-order valence-electron chi connectivity index (χ2n) is 9.07. The lowest BCUT2D eigenvalue weighted by Gasteiger charge is -2.28. The fourth-order valence-electron chi connectivity index (χ4n) is 4.16. The van der Waals surface area contributed by atoms with Gasteiger partial charge in [0, 0.05) is 30.9 Å². The van der Waals surface area contributed by atoms with E-state index >= 15 is 4.39 Å². The monoisotopic (exact) mass is 577 g/mol. The third-order valence-corrected chi connectivity index (χ3v) is 6.61. The van der Waals surface area contributed by atoms with Crippen LogP contribution in [-0.2, 0) is 4.79 Å². The van der Waals surface area contributed by atoms with Gasteiger partial charge in [-0.2, -0.15) is 0 Å². The number of carboxylic acid groups (broad SMARTS) is 1. The number of rotatable bonds is 8. The molecule has 0 saturated carbocycles. The number of pyridine rings is 1. The summed E-state index contributed by atoms with van der Waals surface area (Å²) in [5, 5.41) is 14.7. The van der Waals surface area contributed by atoms with Crippen LogP contribution in [0.5, 0.6) is 5.75 Å². The zero-order valence-corrected chi connectivity index (χ0v) is 22.6. The number of anilines is 2. The molecule has 1 aliphatic heterocycles. The molecule has 12 heteroatoms. The summed E-state index contributed by atoms with van der Waals surface area (Å²) < 4.78 is 20.4. The van der Waals surface area contributed by atoms with Gasteiger partial charge >= 0.3 is 5.97 Å². The first-order chi connectivity index (χ1) is 19.7. The molecule has 1 aromatic heterocycles. The molecule has 1 fully saturated rings. The lowest BCUT2D eigenvalue weighted by atomic mass is 9.98. The van der Waals surface area contributed by atoms with Gasteiger partial charge in [0.05, 0.1) is 46.9 Å². The van der Waals surface area contributed by atoms with Gasteiger partial charge in [-0.25, -0.2) is 14.4 Å².